The lowest BCUT2D eigenvalue weighted by atomic mass is 10.1. The molecule has 0 aliphatic heterocycles. The average molecular weight is 728 g/mol. The Hall–Kier alpha value is -5.36. The maximum absolute atomic E-state index is 13.1. The second-order valence-electron chi connectivity index (χ2n) is 13.5. The van der Waals surface area contributed by atoms with Crippen LogP contribution in [-0.4, -0.2) is 101 Å². The van der Waals surface area contributed by atoms with Crippen molar-refractivity contribution >= 4 is 46.7 Å². The number of hydrogen-bond donors (Lipinski definition) is 6. The number of nitrogen functional groups attached to an aromatic ring is 1. The topological polar surface area (TPSA) is 251 Å². The summed E-state index contributed by atoms with van der Waals surface area (Å²) in [7, 11) is 0. The maximum Gasteiger partial charge on any atom is 0.407 e. The first-order valence-electron chi connectivity index (χ1n) is 16.8. The number of ether oxygens (including phenoxy) is 4. The molecule has 3 rings (SSSR count). The van der Waals surface area contributed by atoms with Gasteiger partial charge in [0, 0.05) is 30.8 Å². The molecule has 0 radical (unpaired) electrons. The zero-order valence-electron chi connectivity index (χ0n) is 30.4. The van der Waals surface area contributed by atoms with Gasteiger partial charge in [-0.3, -0.25) is 19.4 Å². The third-order valence-corrected chi connectivity index (χ3v) is 6.62. The number of rotatable bonds is 18. The van der Waals surface area contributed by atoms with Gasteiger partial charge in [-0.05, 0) is 72.2 Å². The van der Waals surface area contributed by atoms with Crippen LogP contribution in [0, 0.1) is 0 Å². The Morgan fingerprint density at radius 1 is 0.865 bits per heavy atom. The number of nitrogens with two attached hydrogens (primary N) is 1. The van der Waals surface area contributed by atoms with Crippen LogP contribution < -0.4 is 32.6 Å². The largest absolute Gasteiger partial charge is 0.458 e. The maximum atomic E-state index is 13.1. The minimum atomic E-state index is -1.08. The predicted octanol–water partition coefficient (Wildman–Crippen LogP) is 1.80. The first-order valence-corrected chi connectivity index (χ1v) is 16.8. The molecule has 0 bridgehead atoms. The summed E-state index contributed by atoms with van der Waals surface area (Å²) in [6.45, 7) is 12.4. The lowest BCUT2D eigenvalue weighted by Gasteiger charge is -2.24. The normalized spacial score (nSPS) is 12.1. The van der Waals surface area contributed by atoms with E-state index in [0.717, 1.165) is 0 Å². The molecule has 0 saturated heterocycles. The van der Waals surface area contributed by atoms with Crippen LogP contribution in [0.15, 0.2) is 35.3 Å². The summed E-state index contributed by atoms with van der Waals surface area (Å²) in [4.78, 5) is 77.1. The summed E-state index contributed by atoms with van der Waals surface area (Å²) in [6, 6.07) is 5.42. The average Bonchev–Trinajstić information content (AvgIpc) is 3.05. The molecule has 2 heterocycles. The van der Waals surface area contributed by atoms with Crippen LogP contribution >= 0.6 is 0 Å². The Bertz CT molecular complexity index is 1720. The third kappa shape index (κ3) is 15.3. The van der Waals surface area contributed by atoms with E-state index < -0.39 is 40.8 Å². The van der Waals surface area contributed by atoms with E-state index in [1.807, 2.05) is 0 Å². The number of aromatic amines is 1. The molecule has 52 heavy (non-hydrogen) atoms. The van der Waals surface area contributed by atoms with E-state index in [2.05, 4.69) is 41.2 Å². The van der Waals surface area contributed by atoms with Gasteiger partial charge >= 0.3 is 12.1 Å². The number of amides is 3. The zero-order valence-corrected chi connectivity index (χ0v) is 30.4. The van der Waals surface area contributed by atoms with Crippen molar-refractivity contribution in [3.05, 3.63) is 52.1 Å². The van der Waals surface area contributed by atoms with E-state index in [9.17, 15) is 24.0 Å². The number of aromatic nitrogens is 4. The van der Waals surface area contributed by atoms with Gasteiger partial charge in [-0.25, -0.2) is 19.6 Å². The number of hydrogen-bond acceptors (Lipinski definition) is 14. The van der Waals surface area contributed by atoms with E-state index in [-0.39, 0.29) is 61.1 Å². The van der Waals surface area contributed by atoms with Crippen molar-refractivity contribution in [2.75, 3.05) is 50.6 Å². The Kier molecular flexibility index (Phi) is 15.2. The predicted molar refractivity (Wildman–Crippen MR) is 191 cm³/mol. The molecule has 0 aliphatic carbocycles. The van der Waals surface area contributed by atoms with E-state index in [0.29, 0.717) is 37.7 Å². The molecule has 1 atom stereocenters. The molecule has 7 N–H and O–H groups in total. The number of fused-ring (bicyclic) bond motifs is 1. The summed E-state index contributed by atoms with van der Waals surface area (Å²) >= 11 is 0. The molecule has 0 aliphatic rings. The number of esters is 1. The molecule has 18 nitrogen and oxygen atoms in total. The summed E-state index contributed by atoms with van der Waals surface area (Å²) in [5, 5.41) is 11.1. The highest BCUT2D eigenvalue weighted by Gasteiger charge is 2.27. The smallest absolute Gasteiger partial charge is 0.407 e. The van der Waals surface area contributed by atoms with Crippen molar-refractivity contribution in [1.82, 2.24) is 35.9 Å². The SMILES string of the molecule is CC(C)(C)OC(=O)NCCOCCOCCNC(=O)CCC(NC(=O)c1ccc(NCc2cnc3nc(N)[nH]c(=O)c3n2)cc1)C(=O)OC(C)(C)C. The zero-order chi connectivity index (χ0) is 38.3. The fraction of sp³-hybridized carbons (Fsp3) is 0.529. The first-order chi connectivity index (χ1) is 24.5. The van der Waals surface area contributed by atoms with E-state index in [1.54, 1.807) is 65.8 Å². The van der Waals surface area contributed by atoms with Crippen molar-refractivity contribution in [2.45, 2.75) is 78.2 Å². The second-order valence-corrected chi connectivity index (χ2v) is 13.5. The van der Waals surface area contributed by atoms with Crippen LogP contribution in [0.3, 0.4) is 0 Å². The van der Waals surface area contributed by atoms with E-state index in [1.165, 1.54) is 6.20 Å². The van der Waals surface area contributed by atoms with Crippen LogP contribution in [-0.2, 0) is 35.1 Å². The number of nitrogens with zero attached hydrogens (tertiary/aromatic N) is 3. The number of nitrogens with one attached hydrogen (secondary N) is 5. The molecule has 0 fully saturated rings. The van der Waals surface area contributed by atoms with Gasteiger partial charge < -0.3 is 45.9 Å². The molecule has 284 valence electrons. The van der Waals surface area contributed by atoms with Crippen LogP contribution in [0.5, 0.6) is 0 Å². The lowest BCUT2D eigenvalue weighted by molar-refractivity contribution is -0.157. The Morgan fingerprint density at radius 3 is 2.13 bits per heavy atom. The van der Waals surface area contributed by atoms with Crippen LogP contribution in [0.4, 0.5) is 16.4 Å². The van der Waals surface area contributed by atoms with Crippen molar-refractivity contribution < 1.29 is 38.1 Å². The highest BCUT2D eigenvalue weighted by atomic mass is 16.6. The van der Waals surface area contributed by atoms with Gasteiger partial charge in [0.1, 0.15) is 17.2 Å². The minimum absolute atomic E-state index is 0.00982. The summed E-state index contributed by atoms with van der Waals surface area (Å²) in [5.74, 6) is -1.56. The van der Waals surface area contributed by atoms with Crippen molar-refractivity contribution in [1.29, 1.82) is 0 Å². The van der Waals surface area contributed by atoms with E-state index >= 15 is 0 Å². The molecule has 0 spiro atoms. The van der Waals surface area contributed by atoms with E-state index in [4.69, 9.17) is 24.7 Å². The minimum Gasteiger partial charge on any atom is -0.458 e. The number of carbonyl (C=O) groups is 4. The Balaban J connectivity index is 1.41. The van der Waals surface area contributed by atoms with Crippen LogP contribution in [0.1, 0.15) is 70.4 Å². The van der Waals surface area contributed by atoms with Gasteiger partial charge in [-0.15, -0.1) is 0 Å². The fourth-order valence-corrected chi connectivity index (χ4v) is 4.34. The molecule has 1 aromatic carbocycles. The van der Waals surface area contributed by atoms with Crippen LogP contribution in [0.25, 0.3) is 11.2 Å². The van der Waals surface area contributed by atoms with Crippen LogP contribution in [0.2, 0.25) is 0 Å². The molecule has 18 heteroatoms. The molecular weight excluding hydrogens is 678 g/mol. The number of benzene rings is 1. The summed E-state index contributed by atoms with van der Waals surface area (Å²) in [5.41, 5.74) is 5.30. The van der Waals surface area contributed by atoms with Crippen molar-refractivity contribution in [3.8, 4) is 0 Å². The number of carbonyl (C=O) groups excluding carboxylic acids is 4. The summed E-state index contributed by atoms with van der Waals surface area (Å²) in [6.07, 6.45) is 0.924. The molecular formula is C34H49N9O9. The van der Waals surface area contributed by atoms with Gasteiger partial charge in [0.25, 0.3) is 11.5 Å². The highest BCUT2D eigenvalue weighted by Crippen LogP contribution is 2.14. The molecule has 2 aromatic heterocycles. The van der Waals surface area contributed by atoms with Gasteiger partial charge in [0.15, 0.2) is 11.2 Å². The molecule has 3 aromatic rings. The lowest BCUT2D eigenvalue weighted by Crippen LogP contribution is -2.45. The Labute approximate surface area is 301 Å². The molecule has 1 unspecified atom stereocenters. The van der Waals surface area contributed by atoms with Gasteiger partial charge in [-0.2, -0.15) is 4.98 Å². The van der Waals surface area contributed by atoms with Gasteiger partial charge in [0.2, 0.25) is 11.9 Å². The molecule has 3 amide bonds. The number of H-pyrrole nitrogens is 1. The van der Waals surface area contributed by atoms with Crippen molar-refractivity contribution in [3.63, 3.8) is 0 Å². The Morgan fingerprint density at radius 2 is 1.50 bits per heavy atom. The summed E-state index contributed by atoms with van der Waals surface area (Å²) < 4.78 is 21.5. The standard InChI is InChI=1S/C34H49N9O9/c1-33(2,3)51-30(47)24(11-12-25(44)36-13-15-49-17-18-50-16-14-37-32(48)52-34(4,5)6)41-28(45)21-7-9-22(10-8-21)38-19-23-20-39-27-26(40-23)29(46)43-31(35)42-27/h7-10,20,24,38H,11-19H2,1-6H3,(H,36,44)(H,37,48)(H,41,45)(H3,35,39,42,43,46). The van der Waals surface area contributed by atoms with Crippen molar-refractivity contribution in [2.24, 2.45) is 0 Å². The number of anilines is 2. The molecule has 0 saturated carbocycles. The number of alkyl carbamates (subject to hydrolysis) is 1. The highest BCUT2D eigenvalue weighted by molar-refractivity contribution is 5.97. The quantitative estimate of drug-likeness (QED) is 0.0808. The fourth-order valence-electron chi connectivity index (χ4n) is 4.34. The van der Waals surface area contributed by atoms with Gasteiger partial charge in [0.05, 0.1) is 44.9 Å². The second kappa shape index (κ2) is 19.3. The monoisotopic (exact) mass is 727 g/mol. The first kappa shape index (κ1) is 41.1. The third-order valence-electron chi connectivity index (χ3n) is 6.62. The van der Waals surface area contributed by atoms with Gasteiger partial charge in [-0.1, -0.05) is 0 Å².